The van der Waals surface area contributed by atoms with Gasteiger partial charge < -0.3 is 10.2 Å². The van der Waals surface area contributed by atoms with Crippen LogP contribution in [0.1, 0.15) is 68.7 Å². The van der Waals surface area contributed by atoms with E-state index in [9.17, 15) is 0 Å². The molecule has 1 heterocycles. The van der Waals surface area contributed by atoms with E-state index >= 15 is 0 Å². The second-order valence-electron chi connectivity index (χ2n) is 9.64. The highest BCUT2D eigenvalue weighted by Gasteiger charge is 2.50. The molecule has 4 saturated carbocycles. The van der Waals surface area contributed by atoms with E-state index in [1.807, 2.05) is 0 Å². The molecule has 4 fully saturated rings. The Morgan fingerprint density at radius 1 is 1.04 bits per heavy atom. The summed E-state index contributed by atoms with van der Waals surface area (Å²) in [5.74, 6) is 3.21. The Labute approximate surface area is 152 Å². The average Bonchev–Trinajstić information content (AvgIpc) is 2.93. The SMILES string of the molecule is Cc1ccccc1C1NC(CCC23CC4CC(CC(C4)C2)C3)=CN1C. The zero-order valence-electron chi connectivity index (χ0n) is 15.8. The lowest BCUT2D eigenvalue weighted by molar-refractivity contribution is -0.0571. The molecule has 0 aromatic heterocycles. The van der Waals surface area contributed by atoms with Gasteiger partial charge in [0.05, 0.1) is 0 Å². The van der Waals surface area contributed by atoms with Crippen LogP contribution < -0.4 is 5.32 Å². The quantitative estimate of drug-likeness (QED) is 0.795. The molecule has 5 aliphatic rings. The predicted octanol–water partition coefficient (Wildman–Crippen LogP) is 5.37. The molecule has 2 nitrogen and oxygen atoms in total. The van der Waals surface area contributed by atoms with Gasteiger partial charge in [-0.3, -0.25) is 0 Å². The van der Waals surface area contributed by atoms with Crippen LogP contribution >= 0.6 is 0 Å². The second-order valence-corrected chi connectivity index (χ2v) is 9.64. The second kappa shape index (κ2) is 5.79. The molecule has 1 aromatic carbocycles. The first kappa shape index (κ1) is 15.8. The van der Waals surface area contributed by atoms with Gasteiger partial charge in [-0.25, -0.2) is 0 Å². The van der Waals surface area contributed by atoms with E-state index in [0.717, 1.165) is 17.8 Å². The van der Waals surface area contributed by atoms with E-state index in [2.05, 4.69) is 54.7 Å². The first-order valence-electron chi connectivity index (χ1n) is 10.3. The van der Waals surface area contributed by atoms with Crippen LogP contribution in [0.2, 0.25) is 0 Å². The van der Waals surface area contributed by atoms with Crippen LogP contribution in [-0.2, 0) is 0 Å². The smallest absolute Gasteiger partial charge is 0.125 e. The van der Waals surface area contributed by atoms with Gasteiger partial charge in [-0.1, -0.05) is 24.3 Å². The fourth-order valence-electron chi connectivity index (χ4n) is 6.96. The van der Waals surface area contributed by atoms with Crippen molar-refractivity contribution in [2.24, 2.45) is 23.2 Å². The van der Waals surface area contributed by atoms with Crippen molar-refractivity contribution in [3.63, 3.8) is 0 Å². The van der Waals surface area contributed by atoms with Crippen molar-refractivity contribution < 1.29 is 0 Å². The van der Waals surface area contributed by atoms with Crippen molar-refractivity contribution in [3.05, 3.63) is 47.3 Å². The number of hydrogen-bond acceptors (Lipinski definition) is 2. The summed E-state index contributed by atoms with van der Waals surface area (Å²) in [5.41, 5.74) is 4.93. The maximum Gasteiger partial charge on any atom is 0.125 e. The molecule has 0 amide bonds. The van der Waals surface area contributed by atoms with Gasteiger partial charge in [-0.15, -0.1) is 0 Å². The molecule has 25 heavy (non-hydrogen) atoms. The van der Waals surface area contributed by atoms with E-state index in [1.54, 1.807) is 19.3 Å². The van der Waals surface area contributed by atoms with Gasteiger partial charge in [-0.05, 0) is 92.6 Å². The summed E-state index contributed by atoms with van der Waals surface area (Å²) in [7, 11) is 2.21. The number of nitrogens with zero attached hydrogens (tertiary/aromatic N) is 1. The van der Waals surface area contributed by atoms with Gasteiger partial charge in [0.25, 0.3) is 0 Å². The highest BCUT2D eigenvalue weighted by atomic mass is 15.3. The predicted molar refractivity (Wildman–Crippen MR) is 103 cm³/mol. The van der Waals surface area contributed by atoms with Crippen LogP contribution in [0.3, 0.4) is 0 Å². The Balaban J connectivity index is 1.25. The zero-order chi connectivity index (χ0) is 17.0. The Morgan fingerprint density at radius 3 is 2.32 bits per heavy atom. The first-order valence-corrected chi connectivity index (χ1v) is 10.3. The van der Waals surface area contributed by atoms with Gasteiger partial charge in [0, 0.05) is 18.9 Å². The molecule has 0 radical (unpaired) electrons. The fraction of sp³-hybridized carbons (Fsp3) is 0.652. The standard InChI is InChI=1S/C23H32N2/c1-16-5-3-4-6-21(16)22-24-20(15-25(22)2)7-8-23-12-17-9-18(13-23)11-19(10-17)14-23/h3-6,15,17-19,22,24H,7-14H2,1-2H3. The molecule has 0 saturated heterocycles. The lowest BCUT2D eigenvalue weighted by Crippen LogP contribution is -2.46. The van der Waals surface area contributed by atoms with Crippen molar-refractivity contribution in [2.45, 2.75) is 64.5 Å². The minimum Gasteiger partial charge on any atom is -0.364 e. The molecular weight excluding hydrogens is 304 g/mol. The van der Waals surface area contributed by atoms with E-state index in [-0.39, 0.29) is 0 Å². The highest BCUT2D eigenvalue weighted by molar-refractivity contribution is 5.31. The normalized spacial score (nSPS) is 38.8. The van der Waals surface area contributed by atoms with Crippen molar-refractivity contribution in [1.29, 1.82) is 0 Å². The third-order valence-electron chi connectivity index (χ3n) is 7.66. The summed E-state index contributed by atoms with van der Waals surface area (Å²) in [6.07, 6.45) is 14.6. The number of aryl methyl sites for hydroxylation is 1. The number of rotatable bonds is 4. The molecular formula is C23H32N2. The van der Waals surface area contributed by atoms with Crippen LogP contribution in [0.5, 0.6) is 0 Å². The van der Waals surface area contributed by atoms with Crippen molar-refractivity contribution in [2.75, 3.05) is 7.05 Å². The summed E-state index contributed by atoms with van der Waals surface area (Å²) < 4.78 is 0. The minimum absolute atomic E-state index is 0.313. The number of nitrogens with one attached hydrogen (secondary N) is 1. The Bertz CT molecular complexity index is 654. The molecule has 1 atom stereocenters. The average molecular weight is 337 g/mol. The van der Waals surface area contributed by atoms with E-state index in [4.69, 9.17) is 0 Å². The van der Waals surface area contributed by atoms with E-state index in [0.29, 0.717) is 11.6 Å². The van der Waals surface area contributed by atoms with Gasteiger partial charge in [0.15, 0.2) is 0 Å². The largest absolute Gasteiger partial charge is 0.364 e. The van der Waals surface area contributed by atoms with Crippen LogP contribution in [0.15, 0.2) is 36.2 Å². The van der Waals surface area contributed by atoms with Crippen LogP contribution in [0, 0.1) is 30.1 Å². The molecule has 134 valence electrons. The van der Waals surface area contributed by atoms with Gasteiger partial charge in [-0.2, -0.15) is 0 Å². The Kier molecular flexibility index (Phi) is 3.66. The van der Waals surface area contributed by atoms with Crippen LogP contribution in [-0.4, -0.2) is 11.9 Å². The van der Waals surface area contributed by atoms with E-state index < -0.39 is 0 Å². The zero-order valence-corrected chi connectivity index (χ0v) is 15.8. The van der Waals surface area contributed by atoms with Crippen LogP contribution in [0.4, 0.5) is 0 Å². The number of benzene rings is 1. The lowest BCUT2D eigenvalue weighted by atomic mass is 9.48. The molecule has 1 unspecified atom stereocenters. The Morgan fingerprint density at radius 2 is 1.68 bits per heavy atom. The summed E-state index contributed by atoms with van der Waals surface area (Å²) in [5, 5.41) is 3.82. The molecule has 4 aliphatic carbocycles. The third-order valence-corrected chi connectivity index (χ3v) is 7.66. The van der Waals surface area contributed by atoms with Gasteiger partial charge >= 0.3 is 0 Å². The minimum atomic E-state index is 0.313. The lowest BCUT2D eigenvalue weighted by Gasteiger charge is -2.57. The van der Waals surface area contributed by atoms with Gasteiger partial charge in [0.2, 0.25) is 0 Å². The molecule has 6 rings (SSSR count). The van der Waals surface area contributed by atoms with Crippen molar-refractivity contribution >= 4 is 0 Å². The summed E-state index contributed by atoms with van der Waals surface area (Å²) in [6.45, 7) is 2.22. The summed E-state index contributed by atoms with van der Waals surface area (Å²) in [4.78, 5) is 2.36. The van der Waals surface area contributed by atoms with Crippen molar-refractivity contribution in [1.82, 2.24) is 10.2 Å². The monoisotopic (exact) mass is 336 g/mol. The maximum atomic E-state index is 3.82. The number of hydrogen-bond donors (Lipinski definition) is 1. The molecule has 1 N–H and O–H groups in total. The van der Waals surface area contributed by atoms with E-state index in [1.165, 1.54) is 48.9 Å². The molecule has 1 aromatic rings. The van der Waals surface area contributed by atoms with Crippen molar-refractivity contribution in [3.8, 4) is 0 Å². The third kappa shape index (κ3) is 2.78. The van der Waals surface area contributed by atoms with Crippen LogP contribution in [0.25, 0.3) is 0 Å². The molecule has 1 aliphatic heterocycles. The number of allylic oxidation sites excluding steroid dienone is 1. The van der Waals surface area contributed by atoms with Gasteiger partial charge in [0.1, 0.15) is 6.17 Å². The summed E-state index contributed by atoms with van der Waals surface area (Å²) >= 11 is 0. The molecule has 4 bridgehead atoms. The Hall–Kier alpha value is -1.44. The summed E-state index contributed by atoms with van der Waals surface area (Å²) in [6, 6.07) is 8.78. The highest BCUT2D eigenvalue weighted by Crippen LogP contribution is 2.61. The fourth-order valence-corrected chi connectivity index (χ4v) is 6.96. The topological polar surface area (TPSA) is 15.3 Å². The first-order chi connectivity index (χ1) is 12.1. The molecule has 2 heteroatoms. The maximum absolute atomic E-state index is 3.82. The molecule has 0 spiro atoms.